The Morgan fingerprint density at radius 3 is 2.29 bits per heavy atom. The molecule has 0 unspecified atom stereocenters. The van der Waals surface area contributed by atoms with Gasteiger partial charge in [-0.2, -0.15) is 0 Å². The van der Waals surface area contributed by atoms with Crippen LogP contribution in [0.2, 0.25) is 0 Å². The Labute approximate surface area is 86.6 Å². The number of nitrogens with zero attached hydrogens (tertiary/aromatic N) is 1. The first-order valence-electron chi connectivity index (χ1n) is 5.51. The fraction of sp³-hybridized carbons (Fsp3) is 0.909. The minimum atomic E-state index is -0.237. The predicted octanol–water partition coefficient (Wildman–Crippen LogP) is 1.37. The Hall–Kier alpha value is -0.570. The van der Waals surface area contributed by atoms with Crippen molar-refractivity contribution >= 4 is 5.91 Å². The Kier molecular flexibility index (Phi) is 3.53. The van der Waals surface area contributed by atoms with Crippen molar-refractivity contribution in [2.75, 3.05) is 13.6 Å². The molecule has 2 N–H and O–H groups in total. The number of hydrogen-bond donors (Lipinski definition) is 1. The molecule has 1 aliphatic carbocycles. The number of hydrogen-bond acceptors (Lipinski definition) is 2. The molecule has 0 bridgehead atoms. The first-order chi connectivity index (χ1) is 6.53. The lowest BCUT2D eigenvalue weighted by Crippen LogP contribution is -2.47. The summed E-state index contributed by atoms with van der Waals surface area (Å²) in [4.78, 5) is 14.0. The minimum Gasteiger partial charge on any atom is -0.343 e. The molecule has 0 heterocycles. The van der Waals surface area contributed by atoms with E-state index in [-0.39, 0.29) is 17.4 Å². The number of rotatable bonds is 3. The molecule has 0 aromatic rings. The van der Waals surface area contributed by atoms with Crippen LogP contribution in [0.3, 0.4) is 0 Å². The topological polar surface area (TPSA) is 46.3 Å². The standard InChI is InChI=1S/C11H22N2O/c1-9(2)13(3)10(14)11(8-12)6-4-5-7-11/h9H,4-8,12H2,1-3H3. The van der Waals surface area contributed by atoms with Crippen molar-refractivity contribution in [3.63, 3.8) is 0 Å². The lowest BCUT2D eigenvalue weighted by atomic mass is 9.84. The summed E-state index contributed by atoms with van der Waals surface area (Å²) in [5.41, 5.74) is 5.52. The zero-order valence-electron chi connectivity index (χ0n) is 9.55. The van der Waals surface area contributed by atoms with E-state index < -0.39 is 0 Å². The van der Waals surface area contributed by atoms with E-state index in [1.807, 2.05) is 25.8 Å². The Morgan fingerprint density at radius 1 is 1.43 bits per heavy atom. The summed E-state index contributed by atoms with van der Waals surface area (Å²) in [6.07, 6.45) is 4.24. The van der Waals surface area contributed by atoms with Gasteiger partial charge in [0.05, 0.1) is 5.41 Å². The molecule has 82 valence electrons. The van der Waals surface area contributed by atoms with Crippen molar-refractivity contribution in [2.24, 2.45) is 11.1 Å². The third kappa shape index (κ3) is 1.92. The number of carbonyl (C=O) groups is 1. The van der Waals surface area contributed by atoms with Crippen LogP contribution in [0, 0.1) is 5.41 Å². The number of nitrogens with two attached hydrogens (primary N) is 1. The molecular weight excluding hydrogens is 176 g/mol. The average Bonchev–Trinajstić information content (AvgIpc) is 2.64. The van der Waals surface area contributed by atoms with Crippen LogP contribution in [0.15, 0.2) is 0 Å². The first-order valence-corrected chi connectivity index (χ1v) is 5.51. The third-order valence-corrected chi connectivity index (χ3v) is 3.50. The molecule has 0 aromatic carbocycles. The lowest BCUT2D eigenvalue weighted by molar-refractivity contribution is -0.141. The zero-order valence-corrected chi connectivity index (χ0v) is 9.55. The number of amides is 1. The fourth-order valence-corrected chi connectivity index (χ4v) is 2.17. The minimum absolute atomic E-state index is 0.237. The van der Waals surface area contributed by atoms with E-state index in [1.165, 1.54) is 0 Å². The summed E-state index contributed by atoms with van der Waals surface area (Å²) in [5.74, 6) is 0.243. The molecule has 0 aliphatic heterocycles. The monoisotopic (exact) mass is 198 g/mol. The summed E-state index contributed by atoms with van der Waals surface area (Å²) in [6, 6.07) is 0.270. The van der Waals surface area contributed by atoms with E-state index in [4.69, 9.17) is 5.73 Å². The molecule has 1 aliphatic rings. The van der Waals surface area contributed by atoms with Crippen LogP contribution < -0.4 is 5.73 Å². The second-order valence-electron chi connectivity index (χ2n) is 4.70. The van der Waals surface area contributed by atoms with Crippen molar-refractivity contribution in [2.45, 2.75) is 45.6 Å². The van der Waals surface area contributed by atoms with Crippen molar-refractivity contribution in [3.05, 3.63) is 0 Å². The molecule has 14 heavy (non-hydrogen) atoms. The first kappa shape index (κ1) is 11.5. The molecule has 0 aromatic heterocycles. The van der Waals surface area contributed by atoms with Gasteiger partial charge in [0.1, 0.15) is 0 Å². The SMILES string of the molecule is CC(C)N(C)C(=O)C1(CN)CCCC1. The Balaban J connectivity index is 2.74. The highest BCUT2D eigenvalue weighted by Crippen LogP contribution is 2.38. The van der Waals surface area contributed by atoms with Crippen LogP contribution in [0.25, 0.3) is 0 Å². The van der Waals surface area contributed by atoms with E-state index in [2.05, 4.69) is 0 Å². The van der Waals surface area contributed by atoms with Gasteiger partial charge in [-0.1, -0.05) is 12.8 Å². The maximum Gasteiger partial charge on any atom is 0.230 e. The van der Waals surface area contributed by atoms with Crippen LogP contribution in [0.1, 0.15) is 39.5 Å². The van der Waals surface area contributed by atoms with Crippen LogP contribution in [0.5, 0.6) is 0 Å². The van der Waals surface area contributed by atoms with Gasteiger partial charge < -0.3 is 10.6 Å². The highest BCUT2D eigenvalue weighted by atomic mass is 16.2. The van der Waals surface area contributed by atoms with Gasteiger partial charge in [0.25, 0.3) is 0 Å². The summed E-state index contributed by atoms with van der Waals surface area (Å²) >= 11 is 0. The van der Waals surface area contributed by atoms with Gasteiger partial charge in [-0.25, -0.2) is 0 Å². The van der Waals surface area contributed by atoms with E-state index in [1.54, 1.807) is 0 Å². The highest BCUT2D eigenvalue weighted by molar-refractivity contribution is 5.83. The molecule has 0 saturated heterocycles. The Bertz CT molecular complexity index is 207. The van der Waals surface area contributed by atoms with Gasteiger partial charge >= 0.3 is 0 Å². The molecule has 3 heteroatoms. The average molecular weight is 198 g/mol. The summed E-state index contributed by atoms with van der Waals surface area (Å²) in [6.45, 7) is 4.58. The smallest absolute Gasteiger partial charge is 0.230 e. The molecule has 0 atom stereocenters. The summed E-state index contributed by atoms with van der Waals surface area (Å²) in [7, 11) is 1.88. The molecule has 1 saturated carbocycles. The predicted molar refractivity (Wildman–Crippen MR) is 57.9 cm³/mol. The normalized spacial score (nSPS) is 20.1. The zero-order chi connectivity index (χ0) is 10.8. The van der Waals surface area contributed by atoms with Gasteiger partial charge in [-0.3, -0.25) is 4.79 Å². The molecule has 0 radical (unpaired) electrons. The Morgan fingerprint density at radius 2 is 1.93 bits per heavy atom. The van der Waals surface area contributed by atoms with Crippen molar-refractivity contribution in [1.29, 1.82) is 0 Å². The van der Waals surface area contributed by atoms with Gasteiger partial charge in [-0.05, 0) is 26.7 Å². The third-order valence-electron chi connectivity index (χ3n) is 3.50. The van der Waals surface area contributed by atoms with Gasteiger partial charge in [0.2, 0.25) is 5.91 Å². The number of carbonyl (C=O) groups excluding carboxylic acids is 1. The maximum absolute atomic E-state index is 12.2. The highest BCUT2D eigenvalue weighted by Gasteiger charge is 2.41. The second-order valence-corrected chi connectivity index (χ2v) is 4.70. The molecule has 1 rings (SSSR count). The molecule has 3 nitrogen and oxygen atoms in total. The van der Waals surface area contributed by atoms with Gasteiger partial charge in [0.15, 0.2) is 0 Å². The molecular formula is C11H22N2O. The fourth-order valence-electron chi connectivity index (χ4n) is 2.17. The second kappa shape index (κ2) is 4.30. The largest absolute Gasteiger partial charge is 0.343 e. The molecule has 1 amide bonds. The van der Waals surface area contributed by atoms with E-state index >= 15 is 0 Å². The van der Waals surface area contributed by atoms with E-state index in [0.29, 0.717) is 6.54 Å². The maximum atomic E-state index is 12.2. The summed E-state index contributed by atoms with van der Waals surface area (Å²) in [5, 5.41) is 0. The van der Waals surface area contributed by atoms with Crippen molar-refractivity contribution in [3.8, 4) is 0 Å². The van der Waals surface area contributed by atoms with Gasteiger partial charge in [0, 0.05) is 19.6 Å². The van der Waals surface area contributed by atoms with Crippen LogP contribution >= 0.6 is 0 Å². The van der Waals surface area contributed by atoms with Crippen molar-refractivity contribution in [1.82, 2.24) is 4.90 Å². The van der Waals surface area contributed by atoms with Crippen LogP contribution in [-0.4, -0.2) is 30.4 Å². The van der Waals surface area contributed by atoms with Crippen LogP contribution in [0.4, 0.5) is 0 Å². The van der Waals surface area contributed by atoms with E-state index in [9.17, 15) is 4.79 Å². The quantitative estimate of drug-likeness (QED) is 0.744. The summed E-state index contributed by atoms with van der Waals surface area (Å²) < 4.78 is 0. The lowest BCUT2D eigenvalue weighted by Gasteiger charge is -2.33. The van der Waals surface area contributed by atoms with E-state index in [0.717, 1.165) is 25.7 Å². The van der Waals surface area contributed by atoms with Crippen LogP contribution in [-0.2, 0) is 4.79 Å². The molecule has 1 fully saturated rings. The van der Waals surface area contributed by atoms with Crippen molar-refractivity contribution < 1.29 is 4.79 Å². The van der Waals surface area contributed by atoms with Gasteiger partial charge in [-0.15, -0.1) is 0 Å². The molecule has 0 spiro atoms.